The summed E-state index contributed by atoms with van der Waals surface area (Å²) in [7, 11) is 0. The molecule has 0 aromatic heterocycles. The Morgan fingerprint density at radius 1 is 1.28 bits per heavy atom. The Balaban J connectivity index is 1.62. The number of nitrogens with one attached hydrogen (secondary N) is 1. The van der Waals surface area contributed by atoms with Crippen LogP contribution < -0.4 is 5.32 Å². The molecule has 3 atom stereocenters. The van der Waals surface area contributed by atoms with E-state index < -0.39 is 0 Å². The van der Waals surface area contributed by atoms with Gasteiger partial charge in [0.25, 0.3) is 0 Å². The first-order valence-corrected chi connectivity index (χ1v) is 7.63. The van der Waals surface area contributed by atoms with E-state index in [4.69, 9.17) is 0 Å². The van der Waals surface area contributed by atoms with Crippen LogP contribution in [0, 0.1) is 17.3 Å². The van der Waals surface area contributed by atoms with Crippen LogP contribution in [0.25, 0.3) is 0 Å². The van der Waals surface area contributed by atoms with Gasteiger partial charge in [-0.05, 0) is 63.5 Å². The van der Waals surface area contributed by atoms with Gasteiger partial charge >= 0.3 is 0 Å². The maximum absolute atomic E-state index is 12.7. The summed E-state index contributed by atoms with van der Waals surface area (Å²) in [5.74, 6) is 1.61. The van der Waals surface area contributed by atoms with E-state index in [-0.39, 0.29) is 0 Å². The normalized spacial score (nSPS) is 38.8. The van der Waals surface area contributed by atoms with Crippen molar-refractivity contribution in [1.29, 1.82) is 0 Å². The highest BCUT2D eigenvalue weighted by atomic mass is 16.2. The third kappa shape index (κ3) is 2.07. The Morgan fingerprint density at radius 2 is 2.00 bits per heavy atom. The number of amides is 1. The molecule has 3 aliphatic rings. The molecule has 1 aliphatic carbocycles. The molecule has 3 rings (SSSR count). The third-order valence-corrected chi connectivity index (χ3v) is 5.51. The predicted molar refractivity (Wildman–Crippen MR) is 72.2 cm³/mol. The zero-order valence-corrected chi connectivity index (χ0v) is 11.7. The average molecular weight is 250 g/mol. The molecule has 102 valence electrons. The number of rotatable bonds is 1. The van der Waals surface area contributed by atoms with Crippen molar-refractivity contribution < 1.29 is 4.79 Å². The van der Waals surface area contributed by atoms with E-state index in [0.717, 1.165) is 32.0 Å². The number of carbonyl (C=O) groups is 1. The molecule has 2 saturated heterocycles. The molecular formula is C15H26N2O. The first-order valence-electron chi connectivity index (χ1n) is 7.63. The summed E-state index contributed by atoms with van der Waals surface area (Å²) in [5, 5.41) is 3.41. The highest BCUT2D eigenvalue weighted by molar-refractivity contribution is 5.83. The van der Waals surface area contributed by atoms with E-state index in [9.17, 15) is 4.79 Å². The van der Waals surface area contributed by atoms with Crippen LogP contribution in [0.15, 0.2) is 0 Å². The molecule has 0 radical (unpaired) electrons. The van der Waals surface area contributed by atoms with Crippen LogP contribution in [-0.2, 0) is 4.79 Å². The lowest BCUT2D eigenvalue weighted by molar-refractivity contribution is -0.137. The van der Waals surface area contributed by atoms with E-state index in [1.807, 2.05) is 0 Å². The summed E-state index contributed by atoms with van der Waals surface area (Å²) < 4.78 is 0. The van der Waals surface area contributed by atoms with Crippen molar-refractivity contribution in [2.45, 2.75) is 52.0 Å². The quantitative estimate of drug-likeness (QED) is 0.772. The summed E-state index contributed by atoms with van der Waals surface area (Å²) >= 11 is 0. The number of hydrogen-bond acceptors (Lipinski definition) is 2. The lowest BCUT2D eigenvalue weighted by atomic mass is 9.89. The first kappa shape index (κ1) is 12.5. The standard InChI is InChI=1S/C15H26N2O/c1-11-3-8-17(12(2)9-11)14(18)13-10-15(13)4-6-16-7-5-15/h11-13,16H,3-10H2,1-2H3. The van der Waals surface area contributed by atoms with Gasteiger partial charge in [0.1, 0.15) is 0 Å². The lowest BCUT2D eigenvalue weighted by Crippen LogP contribution is -2.46. The van der Waals surface area contributed by atoms with E-state index in [2.05, 4.69) is 24.1 Å². The molecule has 3 fully saturated rings. The van der Waals surface area contributed by atoms with Gasteiger partial charge in [-0.2, -0.15) is 0 Å². The maximum Gasteiger partial charge on any atom is 0.226 e. The third-order valence-electron chi connectivity index (χ3n) is 5.51. The highest BCUT2D eigenvalue weighted by Crippen LogP contribution is 2.59. The van der Waals surface area contributed by atoms with Crippen molar-refractivity contribution in [2.24, 2.45) is 17.3 Å². The number of piperidine rings is 2. The summed E-state index contributed by atoms with van der Waals surface area (Å²) in [4.78, 5) is 14.8. The summed E-state index contributed by atoms with van der Waals surface area (Å²) in [6.07, 6.45) is 5.96. The molecule has 1 spiro atoms. The van der Waals surface area contributed by atoms with Gasteiger partial charge in [-0.15, -0.1) is 0 Å². The fraction of sp³-hybridized carbons (Fsp3) is 0.933. The largest absolute Gasteiger partial charge is 0.340 e. The number of hydrogen-bond donors (Lipinski definition) is 1. The lowest BCUT2D eigenvalue weighted by Gasteiger charge is -2.37. The zero-order chi connectivity index (χ0) is 12.8. The van der Waals surface area contributed by atoms with Crippen molar-refractivity contribution in [3.05, 3.63) is 0 Å². The maximum atomic E-state index is 12.7. The fourth-order valence-corrected chi connectivity index (χ4v) is 4.11. The van der Waals surface area contributed by atoms with Gasteiger partial charge in [0.15, 0.2) is 0 Å². The van der Waals surface area contributed by atoms with Gasteiger partial charge < -0.3 is 10.2 Å². The van der Waals surface area contributed by atoms with Crippen LogP contribution in [0.5, 0.6) is 0 Å². The average Bonchev–Trinajstić information content (AvgIpc) is 3.03. The molecule has 18 heavy (non-hydrogen) atoms. The Hall–Kier alpha value is -0.570. The van der Waals surface area contributed by atoms with E-state index in [1.54, 1.807) is 0 Å². The van der Waals surface area contributed by atoms with Crippen LogP contribution in [0.2, 0.25) is 0 Å². The summed E-state index contributed by atoms with van der Waals surface area (Å²) in [5.41, 5.74) is 0.394. The number of nitrogens with zero attached hydrogens (tertiary/aromatic N) is 1. The van der Waals surface area contributed by atoms with Gasteiger partial charge in [-0.25, -0.2) is 0 Å². The molecule has 0 bridgehead atoms. The van der Waals surface area contributed by atoms with Gasteiger partial charge in [-0.1, -0.05) is 6.92 Å². The van der Waals surface area contributed by atoms with Gasteiger partial charge in [0, 0.05) is 18.5 Å². The second kappa shape index (κ2) is 4.52. The number of carbonyl (C=O) groups excluding carboxylic acids is 1. The summed E-state index contributed by atoms with van der Waals surface area (Å²) in [6, 6.07) is 0.459. The SMILES string of the molecule is CC1CCN(C(=O)C2CC23CCNCC3)C(C)C1. The first-order chi connectivity index (χ1) is 8.62. The molecule has 1 saturated carbocycles. The van der Waals surface area contributed by atoms with Crippen LogP contribution >= 0.6 is 0 Å². The van der Waals surface area contributed by atoms with E-state index in [1.165, 1.54) is 25.7 Å². The minimum Gasteiger partial charge on any atom is -0.340 e. The molecule has 2 heterocycles. The Labute approximate surface area is 110 Å². The molecular weight excluding hydrogens is 224 g/mol. The second-order valence-corrected chi connectivity index (χ2v) is 6.88. The van der Waals surface area contributed by atoms with E-state index >= 15 is 0 Å². The van der Waals surface area contributed by atoms with Crippen molar-refractivity contribution in [3.63, 3.8) is 0 Å². The molecule has 0 aromatic carbocycles. The highest BCUT2D eigenvalue weighted by Gasteiger charge is 2.58. The van der Waals surface area contributed by atoms with Gasteiger partial charge in [-0.3, -0.25) is 4.79 Å². The van der Waals surface area contributed by atoms with Gasteiger partial charge in [0.2, 0.25) is 5.91 Å². The predicted octanol–water partition coefficient (Wildman–Crippen LogP) is 2.02. The van der Waals surface area contributed by atoms with Crippen molar-refractivity contribution in [3.8, 4) is 0 Å². The smallest absolute Gasteiger partial charge is 0.226 e. The second-order valence-electron chi connectivity index (χ2n) is 6.88. The van der Waals surface area contributed by atoms with Crippen LogP contribution in [0.3, 0.4) is 0 Å². The minimum atomic E-state index is 0.357. The Morgan fingerprint density at radius 3 is 2.67 bits per heavy atom. The van der Waals surface area contributed by atoms with Crippen LogP contribution in [0.1, 0.15) is 46.0 Å². The van der Waals surface area contributed by atoms with Crippen molar-refractivity contribution in [1.82, 2.24) is 10.2 Å². The molecule has 1 amide bonds. The minimum absolute atomic E-state index is 0.357. The monoisotopic (exact) mass is 250 g/mol. The molecule has 1 N–H and O–H groups in total. The van der Waals surface area contributed by atoms with Crippen molar-refractivity contribution >= 4 is 5.91 Å². The Kier molecular flexibility index (Phi) is 3.13. The van der Waals surface area contributed by atoms with Crippen LogP contribution in [0.4, 0.5) is 0 Å². The number of likely N-dealkylation sites (tertiary alicyclic amines) is 1. The zero-order valence-electron chi connectivity index (χ0n) is 11.7. The fourth-order valence-electron chi connectivity index (χ4n) is 4.11. The Bertz CT molecular complexity index is 335. The van der Waals surface area contributed by atoms with Crippen LogP contribution in [-0.4, -0.2) is 36.5 Å². The summed E-state index contributed by atoms with van der Waals surface area (Å²) in [6.45, 7) is 7.74. The topological polar surface area (TPSA) is 32.3 Å². The molecule has 3 nitrogen and oxygen atoms in total. The van der Waals surface area contributed by atoms with E-state index in [0.29, 0.717) is 23.3 Å². The molecule has 3 heteroatoms. The van der Waals surface area contributed by atoms with Crippen molar-refractivity contribution in [2.75, 3.05) is 19.6 Å². The molecule has 2 aliphatic heterocycles. The molecule has 0 aromatic rings. The van der Waals surface area contributed by atoms with Gasteiger partial charge in [0.05, 0.1) is 0 Å². The molecule has 3 unspecified atom stereocenters.